The molecule has 0 aromatic heterocycles. The molecule has 1 aromatic rings. The van der Waals surface area contributed by atoms with Gasteiger partial charge in [-0.3, -0.25) is 4.90 Å². The Kier molecular flexibility index (Phi) is 4.64. The van der Waals surface area contributed by atoms with Crippen LogP contribution >= 0.6 is 0 Å². The summed E-state index contributed by atoms with van der Waals surface area (Å²) < 4.78 is 0. The van der Waals surface area contributed by atoms with Crippen LogP contribution in [0.15, 0.2) is 30.3 Å². The van der Waals surface area contributed by atoms with Gasteiger partial charge in [-0.15, -0.1) is 0 Å². The van der Waals surface area contributed by atoms with Crippen LogP contribution in [0.3, 0.4) is 0 Å². The van der Waals surface area contributed by atoms with Gasteiger partial charge in [0.1, 0.15) is 0 Å². The SMILES string of the molecule is CN(C1CCC(C)(C)CC1)C(CN)c1ccccc1. The van der Waals surface area contributed by atoms with Gasteiger partial charge < -0.3 is 5.73 Å². The van der Waals surface area contributed by atoms with Gasteiger partial charge in [-0.1, -0.05) is 44.2 Å². The van der Waals surface area contributed by atoms with Gasteiger partial charge in [-0.2, -0.15) is 0 Å². The van der Waals surface area contributed by atoms with E-state index in [-0.39, 0.29) is 0 Å². The average Bonchev–Trinajstić information content (AvgIpc) is 2.40. The Morgan fingerprint density at radius 3 is 2.32 bits per heavy atom. The van der Waals surface area contributed by atoms with Crippen molar-refractivity contribution in [3.8, 4) is 0 Å². The Morgan fingerprint density at radius 2 is 1.79 bits per heavy atom. The first-order valence-electron chi connectivity index (χ1n) is 7.50. The molecule has 0 radical (unpaired) electrons. The lowest BCUT2D eigenvalue weighted by Crippen LogP contribution is -2.41. The van der Waals surface area contributed by atoms with Gasteiger partial charge >= 0.3 is 0 Å². The third kappa shape index (κ3) is 3.58. The highest BCUT2D eigenvalue weighted by Crippen LogP contribution is 2.38. The van der Waals surface area contributed by atoms with Crippen LogP contribution < -0.4 is 5.73 Å². The van der Waals surface area contributed by atoms with Crippen molar-refractivity contribution in [3.63, 3.8) is 0 Å². The molecule has 19 heavy (non-hydrogen) atoms. The topological polar surface area (TPSA) is 29.3 Å². The summed E-state index contributed by atoms with van der Waals surface area (Å²) in [7, 11) is 2.24. The molecule has 1 unspecified atom stereocenters. The monoisotopic (exact) mass is 260 g/mol. The maximum absolute atomic E-state index is 6.02. The number of rotatable bonds is 4. The Labute approximate surface area is 118 Å². The summed E-state index contributed by atoms with van der Waals surface area (Å²) >= 11 is 0. The number of hydrogen-bond acceptors (Lipinski definition) is 2. The number of benzene rings is 1. The number of likely N-dealkylation sites (N-methyl/N-ethyl adjacent to an activating group) is 1. The summed E-state index contributed by atoms with van der Waals surface area (Å²) in [5, 5.41) is 0. The number of hydrogen-bond donors (Lipinski definition) is 1. The molecule has 1 aliphatic rings. The molecule has 0 aliphatic heterocycles. The molecule has 0 heterocycles. The first kappa shape index (κ1) is 14.5. The molecule has 0 saturated heterocycles. The van der Waals surface area contributed by atoms with E-state index in [4.69, 9.17) is 5.73 Å². The fraction of sp³-hybridized carbons (Fsp3) is 0.647. The second kappa shape index (κ2) is 6.06. The molecule has 2 rings (SSSR count). The molecule has 0 amide bonds. The molecule has 0 bridgehead atoms. The second-order valence-electron chi connectivity index (χ2n) is 6.72. The normalized spacial score (nSPS) is 21.5. The Hall–Kier alpha value is -0.860. The first-order valence-corrected chi connectivity index (χ1v) is 7.50. The van der Waals surface area contributed by atoms with Gasteiger partial charge in [0.25, 0.3) is 0 Å². The molecule has 106 valence electrons. The quantitative estimate of drug-likeness (QED) is 0.896. The smallest absolute Gasteiger partial charge is 0.0470 e. The van der Waals surface area contributed by atoms with Crippen molar-refractivity contribution in [2.75, 3.05) is 13.6 Å². The average molecular weight is 260 g/mol. The zero-order valence-corrected chi connectivity index (χ0v) is 12.6. The maximum Gasteiger partial charge on any atom is 0.0470 e. The van der Waals surface area contributed by atoms with E-state index in [2.05, 4.69) is 56.1 Å². The van der Waals surface area contributed by atoms with Gasteiger partial charge in [0.2, 0.25) is 0 Å². The molecule has 2 heteroatoms. The van der Waals surface area contributed by atoms with Crippen molar-refractivity contribution in [2.45, 2.75) is 51.6 Å². The molecular weight excluding hydrogens is 232 g/mol. The van der Waals surface area contributed by atoms with Crippen LogP contribution in [0, 0.1) is 5.41 Å². The van der Waals surface area contributed by atoms with Crippen molar-refractivity contribution in [2.24, 2.45) is 11.1 Å². The van der Waals surface area contributed by atoms with Crippen molar-refractivity contribution < 1.29 is 0 Å². The van der Waals surface area contributed by atoms with E-state index in [1.54, 1.807) is 0 Å². The standard InChI is InChI=1S/C17H28N2/c1-17(2)11-9-15(10-12-17)19(3)16(13-18)14-7-5-4-6-8-14/h4-8,15-16H,9-13,18H2,1-3H3. The van der Waals surface area contributed by atoms with E-state index in [0.717, 1.165) is 0 Å². The fourth-order valence-corrected chi connectivity index (χ4v) is 3.26. The third-order valence-electron chi connectivity index (χ3n) is 4.78. The highest BCUT2D eigenvalue weighted by atomic mass is 15.2. The van der Waals surface area contributed by atoms with E-state index in [1.807, 2.05) is 0 Å². The van der Waals surface area contributed by atoms with Crippen LogP contribution in [0.2, 0.25) is 0 Å². The van der Waals surface area contributed by atoms with Gasteiger partial charge in [0.05, 0.1) is 0 Å². The van der Waals surface area contributed by atoms with E-state index in [1.165, 1.54) is 31.2 Å². The molecule has 2 N–H and O–H groups in total. The lowest BCUT2D eigenvalue weighted by Gasteiger charge is -2.41. The summed E-state index contributed by atoms with van der Waals surface area (Å²) in [6.45, 7) is 5.47. The summed E-state index contributed by atoms with van der Waals surface area (Å²) in [6, 6.07) is 11.7. The molecular formula is C17H28N2. The minimum Gasteiger partial charge on any atom is -0.329 e. The van der Waals surface area contributed by atoms with Crippen molar-refractivity contribution >= 4 is 0 Å². The number of nitrogens with zero attached hydrogens (tertiary/aromatic N) is 1. The first-order chi connectivity index (χ1) is 9.03. The molecule has 1 aromatic carbocycles. The summed E-state index contributed by atoms with van der Waals surface area (Å²) in [5.74, 6) is 0. The molecule has 1 atom stereocenters. The van der Waals surface area contributed by atoms with Crippen molar-refractivity contribution in [1.29, 1.82) is 0 Å². The summed E-state index contributed by atoms with van der Waals surface area (Å²) in [4.78, 5) is 2.50. The molecule has 0 spiro atoms. The minimum atomic E-state index is 0.354. The van der Waals surface area contributed by atoms with Crippen molar-refractivity contribution in [1.82, 2.24) is 4.90 Å². The zero-order valence-electron chi connectivity index (χ0n) is 12.6. The summed E-state index contributed by atoms with van der Waals surface area (Å²) in [5.41, 5.74) is 7.90. The second-order valence-corrected chi connectivity index (χ2v) is 6.72. The van der Waals surface area contributed by atoms with Gasteiger partial charge in [0, 0.05) is 18.6 Å². The Bertz CT molecular complexity index is 376. The van der Waals surface area contributed by atoms with Crippen LogP contribution in [-0.4, -0.2) is 24.5 Å². The van der Waals surface area contributed by atoms with Gasteiger partial charge in [-0.05, 0) is 43.7 Å². The lowest BCUT2D eigenvalue weighted by molar-refractivity contribution is 0.0966. The largest absolute Gasteiger partial charge is 0.329 e. The maximum atomic E-state index is 6.02. The van der Waals surface area contributed by atoms with Crippen LogP contribution in [0.4, 0.5) is 0 Å². The Morgan fingerprint density at radius 1 is 1.21 bits per heavy atom. The molecule has 1 fully saturated rings. The number of nitrogens with two attached hydrogens (primary N) is 1. The third-order valence-corrected chi connectivity index (χ3v) is 4.78. The van der Waals surface area contributed by atoms with Crippen LogP contribution in [0.1, 0.15) is 51.1 Å². The molecule has 2 nitrogen and oxygen atoms in total. The molecule has 1 aliphatic carbocycles. The van der Waals surface area contributed by atoms with E-state index in [9.17, 15) is 0 Å². The van der Waals surface area contributed by atoms with Gasteiger partial charge in [0.15, 0.2) is 0 Å². The van der Waals surface area contributed by atoms with E-state index >= 15 is 0 Å². The fourth-order valence-electron chi connectivity index (χ4n) is 3.26. The van der Waals surface area contributed by atoms with E-state index < -0.39 is 0 Å². The predicted octanol–water partition coefficient (Wildman–Crippen LogP) is 3.59. The zero-order chi connectivity index (χ0) is 13.9. The van der Waals surface area contributed by atoms with Crippen LogP contribution in [0.25, 0.3) is 0 Å². The van der Waals surface area contributed by atoms with E-state index in [0.29, 0.717) is 24.0 Å². The van der Waals surface area contributed by atoms with Crippen LogP contribution in [-0.2, 0) is 0 Å². The van der Waals surface area contributed by atoms with Crippen LogP contribution in [0.5, 0.6) is 0 Å². The highest BCUT2D eigenvalue weighted by Gasteiger charge is 2.31. The predicted molar refractivity (Wildman–Crippen MR) is 82.0 cm³/mol. The summed E-state index contributed by atoms with van der Waals surface area (Å²) in [6.07, 6.45) is 5.25. The molecule has 1 saturated carbocycles. The Balaban J connectivity index is 2.04. The van der Waals surface area contributed by atoms with Crippen molar-refractivity contribution in [3.05, 3.63) is 35.9 Å². The lowest BCUT2D eigenvalue weighted by atomic mass is 9.75. The highest BCUT2D eigenvalue weighted by molar-refractivity contribution is 5.19. The van der Waals surface area contributed by atoms with Gasteiger partial charge in [-0.25, -0.2) is 0 Å². The minimum absolute atomic E-state index is 0.354.